The third kappa shape index (κ3) is 3.33. The predicted molar refractivity (Wildman–Crippen MR) is 82.2 cm³/mol. The molecule has 5 heteroatoms. The number of amides is 1. The van der Waals surface area contributed by atoms with Crippen molar-refractivity contribution in [2.45, 2.75) is 36.7 Å². The number of aliphatic hydroxyl groups is 1. The molecule has 0 aromatic heterocycles. The van der Waals surface area contributed by atoms with Gasteiger partial charge in [-0.25, -0.2) is 0 Å². The van der Waals surface area contributed by atoms with Crippen LogP contribution < -0.4 is 5.32 Å². The Morgan fingerprint density at radius 3 is 2.47 bits per heavy atom. The average Bonchev–Trinajstić information content (AvgIpc) is 3.19. The Labute approximate surface area is 126 Å². The van der Waals surface area contributed by atoms with Gasteiger partial charge in [0.2, 0.25) is 5.91 Å². The van der Waals surface area contributed by atoms with E-state index in [0.717, 1.165) is 22.9 Å². The Morgan fingerprint density at radius 1 is 1.42 bits per heavy atom. The van der Waals surface area contributed by atoms with Crippen LogP contribution in [-0.4, -0.2) is 28.1 Å². The zero-order valence-electron chi connectivity index (χ0n) is 11.0. The van der Waals surface area contributed by atoms with Crippen LogP contribution in [0.4, 0.5) is 0 Å². The van der Waals surface area contributed by atoms with Crippen LogP contribution in [0.1, 0.15) is 31.4 Å². The lowest BCUT2D eigenvalue weighted by Gasteiger charge is -2.23. The summed E-state index contributed by atoms with van der Waals surface area (Å²) in [5, 5.41) is 13.2. The first kappa shape index (κ1) is 14.9. The van der Waals surface area contributed by atoms with Gasteiger partial charge in [-0.2, -0.15) is 0 Å². The standard InChI is InChI=1S/C14H18BrNO2S/c1-9(16-13(18)14(19-2)7-8-14)12(17)10-3-5-11(15)6-4-10/h3-6,9,12,17H,7-8H2,1-2H3,(H,16,18)/t9-,12+/m1/s1. The van der Waals surface area contributed by atoms with E-state index in [1.54, 1.807) is 11.8 Å². The van der Waals surface area contributed by atoms with Crippen molar-refractivity contribution in [2.75, 3.05) is 6.26 Å². The normalized spacial score (nSPS) is 19.6. The molecule has 0 heterocycles. The summed E-state index contributed by atoms with van der Waals surface area (Å²) in [6.45, 7) is 1.83. The molecule has 1 aromatic rings. The average molecular weight is 344 g/mol. The molecule has 1 aliphatic rings. The molecule has 0 bridgehead atoms. The largest absolute Gasteiger partial charge is 0.386 e. The highest BCUT2D eigenvalue weighted by Crippen LogP contribution is 2.47. The SMILES string of the molecule is CSC1(C(=O)N[C@H](C)[C@H](O)c2ccc(Br)cc2)CC1. The van der Waals surface area contributed by atoms with Crippen molar-refractivity contribution in [1.29, 1.82) is 0 Å². The van der Waals surface area contributed by atoms with Crippen LogP contribution in [0.2, 0.25) is 0 Å². The lowest BCUT2D eigenvalue weighted by atomic mass is 10.0. The number of aliphatic hydroxyl groups excluding tert-OH is 1. The van der Waals surface area contributed by atoms with Gasteiger partial charge in [-0.15, -0.1) is 11.8 Å². The maximum Gasteiger partial charge on any atom is 0.236 e. The third-order valence-corrected chi connectivity index (χ3v) is 5.46. The first-order chi connectivity index (χ1) is 8.98. The number of carbonyl (C=O) groups is 1. The van der Waals surface area contributed by atoms with Gasteiger partial charge in [-0.3, -0.25) is 4.79 Å². The van der Waals surface area contributed by atoms with Gasteiger partial charge in [-0.1, -0.05) is 28.1 Å². The number of carbonyl (C=O) groups excluding carboxylic acids is 1. The van der Waals surface area contributed by atoms with E-state index in [0.29, 0.717) is 0 Å². The van der Waals surface area contributed by atoms with Crippen molar-refractivity contribution in [3.63, 3.8) is 0 Å². The molecule has 2 rings (SSSR count). The van der Waals surface area contributed by atoms with Crippen molar-refractivity contribution in [3.8, 4) is 0 Å². The Balaban J connectivity index is 1.97. The van der Waals surface area contributed by atoms with Crippen molar-refractivity contribution in [2.24, 2.45) is 0 Å². The minimum atomic E-state index is -0.685. The van der Waals surface area contributed by atoms with Gasteiger partial charge in [0.25, 0.3) is 0 Å². The molecular weight excluding hydrogens is 326 g/mol. The zero-order valence-corrected chi connectivity index (χ0v) is 13.4. The molecule has 19 heavy (non-hydrogen) atoms. The van der Waals surface area contributed by atoms with E-state index >= 15 is 0 Å². The van der Waals surface area contributed by atoms with E-state index in [2.05, 4.69) is 21.2 Å². The van der Waals surface area contributed by atoms with Crippen LogP contribution in [-0.2, 0) is 4.79 Å². The fourth-order valence-electron chi connectivity index (χ4n) is 2.00. The first-order valence-corrected chi connectivity index (χ1v) is 8.30. The number of hydrogen-bond acceptors (Lipinski definition) is 3. The van der Waals surface area contributed by atoms with Crippen LogP contribution >= 0.6 is 27.7 Å². The Kier molecular flexibility index (Phi) is 4.58. The summed E-state index contributed by atoms with van der Waals surface area (Å²) >= 11 is 4.96. The second kappa shape index (κ2) is 5.85. The molecule has 1 amide bonds. The van der Waals surface area contributed by atoms with E-state index in [4.69, 9.17) is 0 Å². The van der Waals surface area contributed by atoms with Crippen molar-refractivity contribution in [1.82, 2.24) is 5.32 Å². The van der Waals surface area contributed by atoms with Crippen LogP contribution in [0, 0.1) is 0 Å². The second-order valence-corrected chi connectivity index (χ2v) is 7.06. The van der Waals surface area contributed by atoms with E-state index < -0.39 is 6.10 Å². The highest BCUT2D eigenvalue weighted by Gasteiger charge is 2.49. The topological polar surface area (TPSA) is 49.3 Å². The molecule has 2 atom stereocenters. The molecule has 104 valence electrons. The van der Waals surface area contributed by atoms with Gasteiger partial charge in [0.05, 0.1) is 16.9 Å². The Morgan fingerprint density at radius 2 is 2.00 bits per heavy atom. The minimum absolute atomic E-state index is 0.0451. The van der Waals surface area contributed by atoms with E-state index in [9.17, 15) is 9.90 Å². The number of benzene rings is 1. The van der Waals surface area contributed by atoms with Gasteiger partial charge in [0.1, 0.15) is 0 Å². The van der Waals surface area contributed by atoms with Crippen molar-refractivity contribution < 1.29 is 9.90 Å². The number of rotatable bonds is 5. The first-order valence-electron chi connectivity index (χ1n) is 6.28. The van der Waals surface area contributed by atoms with Crippen LogP contribution in [0.3, 0.4) is 0 Å². The molecule has 0 spiro atoms. The summed E-state index contributed by atoms with van der Waals surface area (Å²) < 4.78 is 0.729. The van der Waals surface area contributed by atoms with Gasteiger partial charge in [0, 0.05) is 4.47 Å². The number of nitrogens with one attached hydrogen (secondary N) is 1. The fraction of sp³-hybridized carbons (Fsp3) is 0.500. The van der Waals surface area contributed by atoms with Gasteiger partial charge in [-0.05, 0) is 43.7 Å². The number of halogens is 1. The summed E-state index contributed by atoms with van der Waals surface area (Å²) in [4.78, 5) is 12.1. The van der Waals surface area contributed by atoms with Crippen molar-refractivity contribution >= 4 is 33.6 Å². The summed E-state index contributed by atoms with van der Waals surface area (Å²) in [5.74, 6) is 0.0451. The molecule has 1 fully saturated rings. The Bertz CT molecular complexity index is 459. The fourth-order valence-corrected chi connectivity index (χ4v) is 3.02. The van der Waals surface area contributed by atoms with Gasteiger partial charge >= 0.3 is 0 Å². The minimum Gasteiger partial charge on any atom is -0.386 e. The van der Waals surface area contributed by atoms with E-state index in [1.807, 2.05) is 37.4 Å². The lowest BCUT2D eigenvalue weighted by Crippen LogP contribution is -2.42. The summed E-state index contributed by atoms with van der Waals surface area (Å²) in [7, 11) is 0. The summed E-state index contributed by atoms with van der Waals surface area (Å²) in [6.07, 6.45) is 3.14. The maximum absolute atomic E-state index is 12.1. The van der Waals surface area contributed by atoms with Crippen LogP contribution in [0.15, 0.2) is 28.7 Å². The van der Waals surface area contributed by atoms with Gasteiger partial charge in [0.15, 0.2) is 0 Å². The highest BCUT2D eigenvalue weighted by atomic mass is 79.9. The molecule has 0 radical (unpaired) electrons. The maximum atomic E-state index is 12.1. The second-order valence-electron chi connectivity index (χ2n) is 4.96. The summed E-state index contributed by atoms with van der Waals surface area (Å²) in [5.41, 5.74) is 0.810. The monoisotopic (exact) mass is 343 g/mol. The van der Waals surface area contributed by atoms with Crippen LogP contribution in [0.5, 0.6) is 0 Å². The molecule has 0 unspecified atom stereocenters. The van der Waals surface area contributed by atoms with Gasteiger partial charge < -0.3 is 10.4 Å². The molecule has 3 nitrogen and oxygen atoms in total. The number of thioether (sulfide) groups is 1. The Hall–Kier alpha value is -0.520. The van der Waals surface area contributed by atoms with Crippen LogP contribution in [0.25, 0.3) is 0 Å². The van der Waals surface area contributed by atoms with E-state index in [1.165, 1.54) is 0 Å². The molecule has 2 N–H and O–H groups in total. The molecule has 1 aliphatic carbocycles. The zero-order chi connectivity index (χ0) is 14.0. The molecular formula is C14H18BrNO2S. The highest BCUT2D eigenvalue weighted by molar-refractivity contribution is 9.10. The van der Waals surface area contributed by atoms with Crippen molar-refractivity contribution in [3.05, 3.63) is 34.3 Å². The number of hydrogen-bond donors (Lipinski definition) is 2. The predicted octanol–water partition coefficient (Wildman–Crippen LogP) is 2.88. The molecule has 0 aliphatic heterocycles. The molecule has 1 saturated carbocycles. The van der Waals surface area contributed by atoms with E-state index in [-0.39, 0.29) is 16.7 Å². The summed E-state index contributed by atoms with van der Waals surface area (Å²) in [6, 6.07) is 7.20. The third-order valence-electron chi connectivity index (χ3n) is 3.55. The molecule has 1 aromatic carbocycles. The smallest absolute Gasteiger partial charge is 0.236 e. The quantitative estimate of drug-likeness (QED) is 0.864. The lowest BCUT2D eigenvalue weighted by molar-refractivity contribution is -0.122. The molecule has 0 saturated heterocycles.